The van der Waals surface area contributed by atoms with Gasteiger partial charge < -0.3 is 4.43 Å². The second-order valence-electron chi connectivity index (χ2n) is 8.59. The summed E-state index contributed by atoms with van der Waals surface area (Å²) in [4.78, 5) is 0. The molecule has 29 heavy (non-hydrogen) atoms. The molecule has 4 rings (SSSR count). The summed E-state index contributed by atoms with van der Waals surface area (Å²) in [7, 11) is -2.55. The molecule has 1 atom stereocenters. The zero-order chi connectivity index (χ0) is 20.5. The van der Waals surface area contributed by atoms with Gasteiger partial charge in [0.25, 0.3) is 8.32 Å². The first-order chi connectivity index (χ1) is 13.9. The molecule has 3 aromatic carbocycles. The standard InChI is InChI=1S/C25H27BrOSSi/c1-25(2,3)29(19-11-6-4-7-12-19,20-13-8-5-9-14-20)27-24-18-28-17-22-21(24)15-10-16-23(22)26/h4-16,24H,17-18H2,1-3H3. The lowest BCUT2D eigenvalue weighted by molar-refractivity contribution is 0.213. The molecule has 0 aliphatic carbocycles. The van der Waals surface area contributed by atoms with E-state index in [0.717, 1.165) is 11.5 Å². The van der Waals surface area contributed by atoms with Gasteiger partial charge in [0.05, 0.1) is 6.10 Å². The largest absolute Gasteiger partial charge is 0.400 e. The number of benzene rings is 3. The minimum absolute atomic E-state index is 0.00992. The van der Waals surface area contributed by atoms with Crippen LogP contribution in [0.2, 0.25) is 5.04 Å². The molecule has 0 radical (unpaired) electrons. The molecule has 0 saturated heterocycles. The highest BCUT2D eigenvalue weighted by Crippen LogP contribution is 2.44. The van der Waals surface area contributed by atoms with Crippen LogP contribution in [0.25, 0.3) is 0 Å². The van der Waals surface area contributed by atoms with E-state index in [1.807, 2.05) is 11.8 Å². The predicted octanol–water partition coefficient (Wildman–Crippen LogP) is 6.31. The Kier molecular flexibility index (Phi) is 6.08. The van der Waals surface area contributed by atoms with Gasteiger partial charge in [0.15, 0.2) is 0 Å². The normalized spacial score (nSPS) is 17.0. The fourth-order valence-corrected chi connectivity index (χ4v) is 11.0. The van der Waals surface area contributed by atoms with Crippen LogP contribution in [0.5, 0.6) is 0 Å². The molecule has 1 aliphatic rings. The van der Waals surface area contributed by atoms with Crippen molar-refractivity contribution in [2.24, 2.45) is 0 Å². The molecule has 4 heteroatoms. The van der Waals surface area contributed by atoms with Crippen LogP contribution >= 0.6 is 27.7 Å². The zero-order valence-corrected chi connectivity index (χ0v) is 20.6. The van der Waals surface area contributed by atoms with E-state index < -0.39 is 8.32 Å². The molecule has 1 aliphatic heterocycles. The minimum atomic E-state index is -2.55. The molecule has 0 saturated carbocycles. The Hall–Kier alpha value is -1.33. The van der Waals surface area contributed by atoms with Gasteiger partial charge in [0, 0.05) is 16.0 Å². The Morgan fingerprint density at radius 2 is 1.45 bits per heavy atom. The Morgan fingerprint density at radius 3 is 2.00 bits per heavy atom. The molecule has 0 aromatic heterocycles. The maximum absolute atomic E-state index is 7.39. The van der Waals surface area contributed by atoms with Gasteiger partial charge in [-0.3, -0.25) is 0 Å². The van der Waals surface area contributed by atoms with Crippen molar-refractivity contribution in [3.63, 3.8) is 0 Å². The molecule has 0 spiro atoms. The third kappa shape index (κ3) is 3.88. The van der Waals surface area contributed by atoms with E-state index in [4.69, 9.17) is 4.43 Å². The van der Waals surface area contributed by atoms with E-state index in [1.165, 1.54) is 26.0 Å². The lowest BCUT2D eigenvalue weighted by Crippen LogP contribution is -2.67. The zero-order valence-electron chi connectivity index (χ0n) is 17.2. The molecular weight excluding hydrogens is 456 g/mol. The second kappa shape index (κ2) is 8.42. The highest BCUT2D eigenvalue weighted by Gasteiger charge is 2.51. The number of halogens is 1. The topological polar surface area (TPSA) is 9.23 Å². The fraction of sp³-hybridized carbons (Fsp3) is 0.280. The van der Waals surface area contributed by atoms with Gasteiger partial charge in [0.1, 0.15) is 0 Å². The number of hydrogen-bond donors (Lipinski definition) is 0. The first-order valence-electron chi connectivity index (χ1n) is 10.1. The van der Waals surface area contributed by atoms with Crippen molar-refractivity contribution in [1.29, 1.82) is 0 Å². The smallest absolute Gasteiger partial charge is 0.261 e. The van der Waals surface area contributed by atoms with Crippen molar-refractivity contribution in [3.8, 4) is 0 Å². The number of thioether (sulfide) groups is 1. The third-order valence-corrected chi connectivity index (χ3v) is 12.6. The molecule has 3 aromatic rings. The first kappa shape index (κ1) is 20.9. The number of fused-ring (bicyclic) bond motifs is 1. The van der Waals surface area contributed by atoms with Crippen LogP contribution in [-0.2, 0) is 10.2 Å². The van der Waals surface area contributed by atoms with Gasteiger partial charge in [-0.1, -0.05) is 109 Å². The van der Waals surface area contributed by atoms with E-state index in [-0.39, 0.29) is 11.1 Å². The maximum Gasteiger partial charge on any atom is 0.261 e. The average molecular weight is 484 g/mol. The minimum Gasteiger partial charge on any atom is -0.400 e. The second-order valence-corrected chi connectivity index (χ2v) is 14.7. The van der Waals surface area contributed by atoms with Crippen LogP contribution in [-0.4, -0.2) is 14.1 Å². The summed E-state index contributed by atoms with van der Waals surface area (Å²) >= 11 is 5.73. The van der Waals surface area contributed by atoms with Crippen molar-refractivity contribution < 1.29 is 4.43 Å². The summed E-state index contributed by atoms with van der Waals surface area (Å²) in [6.45, 7) is 7.03. The van der Waals surface area contributed by atoms with E-state index in [9.17, 15) is 0 Å². The lowest BCUT2D eigenvalue weighted by atomic mass is 10.0. The van der Waals surface area contributed by atoms with Crippen LogP contribution in [0.15, 0.2) is 83.3 Å². The van der Waals surface area contributed by atoms with Gasteiger partial charge in [-0.25, -0.2) is 0 Å². The average Bonchev–Trinajstić information content (AvgIpc) is 2.73. The van der Waals surface area contributed by atoms with Gasteiger partial charge in [-0.15, -0.1) is 0 Å². The quantitative estimate of drug-likeness (QED) is 0.402. The Labute approximate surface area is 188 Å². The van der Waals surface area contributed by atoms with Crippen LogP contribution in [0.3, 0.4) is 0 Å². The third-order valence-electron chi connectivity index (χ3n) is 5.75. The molecule has 1 unspecified atom stereocenters. The Balaban J connectivity index is 1.90. The summed E-state index contributed by atoms with van der Waals surface area (Å²) < 4.78 is 8.59. The van der Waals surface area contributed by atoms with Crippen molar-refractivity contribution in [1.82, 2.24) is 0 Å². The predicted molar refractivity (Wildman–Crippen MR) is 132 cm³/mol. The van der Waals surface area contributed by atoms with E-state index >= 15 is 0 Å². The first-order valence-corrected chi connectivity index (χ1v) is 13.9. The van der Waals surface area contributed by atoms with Gasteiger partial charge in [-0.05, 0) is 32.6 Å². The van der Waals surface area contributed by atoms with E-state index in [2.05, 4.69) is 116 Å². The Morgan fingerprint density at radius 1 is 0.862 bits per heavy atom. The molecular formula is C25H27BrOSSi. The summed E-state index contributed by atoms with van der Waals surface area (Å²) in [6.07, 6.45) is 0.0903. The highest BCUT2D eigenvalue weighted by atomic mass is 79.9. The summed E-state index contributed by atoms with van der Waals surface area (Å²) in [5.74, 6) is 2.03. The van der Waals surface area contributed by atoms with Gasteiger partial charge >= 0.3 is 0 Å². The fourth-order valence-electron chi connectivity index (χ4n) is 4.39. The maximum atomic E-state index is 7.39. The van der Waals surface area contributed by atoms with E-state index in [0.29, 0.717) is 0 Å². The summed E-state index contributed by atoms with van der Waals surface area (Å²) in [5, 5.41) is 2.67. The van der Waals surface area contributed by atoms with Gasteiger partial charge in [-0.2, -0.15) is 11.8 Å². The van der Waals surface area contributed by atoms with Crippen LogP contribution in [0.1, 0.15) is 38.0 Å². The number of hydrogen-bond acceptors (Lipinski definition) is 2. The highest BCUT2D eigenvalue weighted by molar-refractivity contribution is 9.10. The van der Waals surface area contributed by atoms with Crippen molar-refractivity contribution >= 4 is 46.4 Å². The molecule has 0 fully saturated rings. The monoisotopic (exact) mass is 482 g/mol. The molecule has 1 heterocycles. The van der Waals surface area contributed by atoms with E-state index in [1.54, 1.807) is 0 Å². The van der Waals surface area contributed by atoms with Crippen molar-refractivity contribution in [2.75, 3.05) is 5.75 Å². The van der Waals surface area contributed by atoms with Crippen molar-refractivity contribution in [3.05, 3.63) is 94.5 Å². The number of rotatable bonds is 4. The summed E-state index contributed by atoms with van der Waals surface area (Å²) in [5.41, 5.74) is 2.72. The van der Waals surface area contributed by atoms with Crippen molar-refractivity contribution in [2.45, 2.75) is 37.7 Å². The summed E-state index contributed by atoms with van der Waals surface area (Å²) in [6, 6.07) is 28.4. The molecule has 0 amide bonds. The van der Waals surface area contributed by atoms with Crippen LogP contribution in [0, 0.1) is 0 Å². The van der Waals surface area contributed by atoms with Crippen LogP contribution in [0.4, 0.5) is 0 Å². The lowest BCUT2D eigenvalue weighted by Gasteiger charge is -2.46. The van der Waals surface area contributed by atoms with Gasteiger partial charge in [0.2, 0.25) is 0 Å². The molecule has 1 nitrogen and oxygen atoms in total. The molecule has 0 bridgehead atoms. The molecule has 0 N–H and O–H groups in total. The SMILES string of the molecule is CC(C)(C)[Si](OC1CSCc2c(Br)cccc21)(c1ccccc1)c1ccccc1. The Bertz CT molecular complexity index is 930. The van der Waals surface area contributed by atoms with Crippen LogP contribution < -0.4 is 10.4 Å². The molecule has 150 valence electrons.